The molecule has 3 aromatic rings. The van der Waals surface area contributed by atoms with Crippen LogP contribution in [0.5, 0.6) is 0 Å². The van der Waals surface area contributed by atoms with Gasteiger partial charge in [0, 0.05) is 42.7 Å². The second-order valence-electron chi connectivity index (χ2n) is 11.0. The van der Waals surface area contributed by atoms with E-state index in [0.717, 1.165) is 30.3 Å². The smallest absolute Gasteiger partial charge is 0.337 e. The van der Waals surface area contributed by atoms with Gasteiger partial charge in [0.25, 0.3) is 5.91 Å². The molecular weight excluding hydrogens is 624 g/mol. The highest BCUT2D eigenvalue weighted by Gasteiger charge is 2.50. The molecule has 1 aliphatic rings. The summed E-state index contributed by atoms with van der Waals surface area (Å²) < 4.78 is 108. The molecule has 4 rings (SSSR count). The molecule has 0 bridgehead atoms. The minimum absolute atomic E-state index is 0.0258. The van der Waals surface area contributed by atoms with Crippen molar-refractivity contribution >= 4 is 15.7 Å². The minimum atomic E-state index is -4.75. The Balaban J connectivity index is 1.67. The lowest BCUT2D eigenvalue weighted by Gasteiger charge is -2.44. The zero-order valence-corrected chi connectivity index (χ0v) is 25.0. The summed E-state index contributed by atoms with van der Waals surface area (Å²) in [5.41, 5.74) is -2.97. The largest absolute Gasteiger partial charge is 0.417 e. The number of nitrogens with zero attached hydrogens (tertiary/aromatic N) is 2. The number of aromatic nitrogens is 2. The van der Waals surface area contributed by atoms with Crippen LogP contribution < -0.4 is 5.56 Å². The van der Waals surface area contributed by atoms with Crippen LogP contribution in [0.15, 0.2) is 77.2 Å². The number of hydrogen-bond acceptors (Lipinski definition) is 5. The van der Waals surface area contributed by atoms with E-state index in [9.17, 15) is 44.3 Å². The van der Waals surface area contributed by atoms with E-state index in [1.54, 1.807) is 6.92 Å². The number of likely N-dealkylation sites (tertiary alicyclic amines) is 1. The van der Waals surface area contributed by atoms with Crippen LogP contribution in [-0.2, 0) is 22.2 Å². The van der Waals surface area contributed by atoms with E-state index >= 15 is 0 Å². The Bertz CT molecular complexity index is 1710. The van der Waals surface area contributed by atoms with Crippen LogP contribution in [0.4, 0.5) is 26.3 Å². The number of carbonyl (C=O) groups excluding carboxylic acids is 1. The van der Waals surface area contributed by atoms with Crippen molar-refractivity contribution in [2.24, 2.45) is 5.92 Å². The van der Waals surface area contributed by atoms with E-state index in [1.165, 1.54) is 23.2 Å². The summed E-state index contributed by atoms with van der Waals surface area (Å²) in [5.74, 6) is -1.26. The molecule has 242 valence electrons. The first kappa shape index (κ1) is 33.9. The number of alkyl halides is 6. The number of pyridine rings is 2. The highest BCUT2D eigenvalue weighted by molar-refractivity contribution is 7.92. The molecular formula is C31H31F6N3O4S. The number of aromatic amines is 1. The molecule has 0 aliphatic carbocycles. The first-order chi connectivity index (χ1) is 21.0. The Morgan fingerprint density at radius 3 is 2.27 bits per heavy atom. The average Bonchev–Trinajstić information content (AvgIpc) is 3.00. The number of nitrogens with one attached hydrogen (secondary N) is 1. The molecule has 45 heavy (non-hydrogen) atoms. The number of allylic oxidation sites excluding steroid dienone is 1. The standard InChI is InChI=1S/C31H31F6N3O4S/c1-3-12-29(13-4-2,45(43,44)24-7-5-6-22(16-24)30(32,33)34)21-10-14-40(15-11-21)28(42)27-25(20-8-9-26(41)38-18-20)17-23(19-39-27)31(35,36)37/h3,5-9,16-19,21H,1,4,10-15H2,2H3,(H,38,41). The normalized spacial score (nSPS) is 16.3. The Labute approximate surface area is 255 Å². The van der Waals surface area contributed by atoms with Crippen LogP contribution in [0.25, 0.3) is 11.1 Å². The van der Waals surface area contributed by atoms with E-state index in [4.69, 9.17) is 0 Å². The van der Waals surface area contributed by atoms with E-state index in [0.29, 0.717) is 18.7 Å². The Morgan fingerprint density at radius 1 is 1.04 bits per heavy atom. The molecule has 0 radical (unpaired) electrons. The molecule has 7 nitrogen and oxygen atoms in total. The second kappa shape index (κ2) is 12.8. The van der Waals surface area contributed by atoms with Gasteiger partial charge in [-0.15, -0.1) is 6.58 Å². The van der Waals surface area contributed by atoms with Gasteiger partial charge in [0.15, 0.2) is 9.84 Å². The zero-order chi connectivity index (χ0) is 33.2. The van der Waals surface area contributed by atoms with Crippen LogP contribution >= 0.6 is 0 Å². The van der Waals surface area contributed by atoms with Gasteiger partial charge in [0.1, 0.15) is 5.69 Å². The third-order valence-electron chi connectivity index (χ3n) is 8.21. The molecule has 1 amide bonds. The molecule has 0 saturated carbocycles. The summed E-state index contributed by atoms with van der Waals surface area (Å²) in [6.07, 6.45) is -5.51. The number of carbonyl (C=O) groups is 1. The summed E-state index contributed by atoms with van der Waals surface area (Å²) in [5, 5.41) is 0. The van der Waals surface area contributed by atoms with Gasteiger partial charge in [-0.2, -0.15) is 26.3 Å². The molecule has 1 aromatic carbocycles. The van der Waals surface area contributed by atoms with Crippen molar-refractivity contribution in [3.8, 4) is 11.1 Å². The fourth-order valence-electron chi connectivity index (χ4n) is 6.02. The van der Waals surface area contributed by atoms with Gasteiger partial charge in [-0.05, 0) is 61.9 Å². The molecule has 1 atom stereocenters. The molecule has 0 spiro atoms. The van der Waals surface area contributed by atoms with E-state index in [1.807, 2.05) is 0 Å². The number of halogens is 6. The van der Waals surface area contributed by atoms with Crippen LogP contribution in [0, 0.1) is 5.92 Å². The van der Waals surface area contributed by atoms with Gasteiger partial charge >= 0.3 is 12.4 Å². The van der Waals surface area contributed by atoms with Crippen molar-refractivity contribution in [2.75, 3.05) is 13.1 Å². The number of rotatable bonds is 9. The Kier molecular flexibility index (Phi) is 9.67. The van der Waals surface area contributed by atoms with Gasteiger partial charge in [-0.25, -0.2) is 13.4 Å². The van der Waals surface area contributed by atoms with Gasteiger partial charge in [0.2, 0.25) is 5.56 Å². The maximum atomic E-state index is 14.2. The highest BCUT2D eigenvalue weighted by Crippen LogP contribution is 2.45. The van der Waals surface area contributed by atoms with Gasteiger partial charge in [-0.1, -0.05) is 25.5 Å². The van der Waals surface area contributed by atoms with Crippen molar-refractivity contribution in [2.45, 2.75) is 61.0 Å². The van der Waals surface area contributed by atoms with Gasteiger partial charge in [-0.3, -0.25) is 9.59 Å². The summed E-state index contributed by atoms with van der Waals surface area (Å²) in [6.45, 7) is 5.54. The van der Waals surface area contributed by atoms with Crippen molar-refractivity contribution in [1.82, 2.24) is 14.9 Å². The first-order valence-electron chi connectivity index (χ1n) is 14.1. The summed E-state index contributed by atoms with van der Waals surface area (Å²) in [4.78, 5) is 32.3. The quantitative estimate of drug-likeness (QED) is 0.199. The van der Waals surface area contributed by atoms with Gasteiger partial charge < -0.3 is 9.88 Å². The van der Waals surface area contributed by atoms with E-state index in [-0.39, 0.29) is 55.6 Å². The molecule has 1 unspecified atom stereocenters. The SMILES string of the molecule is C=CCC(CCC)(C1CCN(C(=O)c2ncc(C(F)(F)F)cc2-c2ccc(=O)[nH]c2)CC1)S(=O)(=O)c1cccc(C(F)(F)F)c1. The number of H-pyrrole nitrogens is 1. The van der Waals surface area contributed by atoms with E-state index < -0.39 is 60.3 Å². The lowest BCUT2D eigenvalue weighted by molar-refractivity contribution is -0.138. The molecule has 1 aliphatic heterocycles. The van der Waals surface area contributed by atoms with Crippen molar-refractivity contribution in [1.29, 1.82) is 0 Å². The van der Waals surface area contributed by atoms with Crippen LogP contribution in [0.3, 0.4) is 0 Å². The van der Waals surface area contributed by atoms with Crippen molar-refractivity contribution < 1.29 is 39.6 Å². The zero-order valence-electron chi connectivity index (χ0n) is 24.2. The summed E-state index contributed by atoms with van der Waals surface area (Å²) in [7, 11) is -4.35. The van der Waals surface area contributed by atoms with Crippen LogP contribution in [0.1, 0.15) is 60.6 Å². The molecule has 2 aromatic heterocycles. The monoisotopic (exact) mass is 655 g/mol. The third kappa shape index (κ3) is 6.85. The Morgan fingerprint density at radius 2 is 1.71 bits per heavy atom. The third-order valence-corrected chi connectivity index (χ3v) is 10.9. The minimum Gasteiger partial charge on any atom is -0.337 e. The fraction of sp³-hybridized carbons (Fsp3) is 0.387. The lowest BCUT2D eigenvalue weighted by atomic mass is 9.78. The number of benzene rings is 1. The number of hydrogen-bond donors (Lipinski definition) is 1. The first-order valence-corrected chi connectivity index (χ1v) is 15.6. The number of amides is 1. The van der Waals surface area contributed by atoms with E-state index in [2.05, 4.69) is 16.5 Å². The summed E-state index contributed by atoms with van der Waals surface area (Å²) in [6, 6.07) is 6.78. The second-order valence-corrected chi connectivity index (χ2v) is 13.3. The van der Waals surface area contributed by atoms with Gasteiger partial charge in [0.05, 0.1) is 20.8 Å². The number of piperidine rings is 1. The maximum Gasteiger partial charge on any atom is 0.417 e. The van der Waals surface area contributed by atoms with Crippen LogP contribution in [0.2, 0.25) is 0 Å². The van der Waals surface area contributed by atoms with Crippen molar-refractivity contribution in [3.05, 3.63) is 94.7 Å². The molecule has 1 N–H and O–H groups in total. The highest BCUT2D eigenvalue weighted by atomic mass is 32.2. The van der Waals surface area contributed by atoms with Crippen molar-refractivity contribution in [3.63, 3.8) is 0 Å². The predicted molar refractivity (Wildman–Crippen MR) is 155 cm³/mol. The maximum absolute atomic E-state index is 14.2. The molecule has 1 fully saturated rings. The molecule has 1 saturated heterocycles. The topological polar surface area (TPSA) is 100 Å². The number of sulfone groups is 1. The van der Waals surface area contributed by atoms with Crippen LogP contribution in [-0.4, -0.2) is 47.0 Å². The molecule has 3 heterocycles. The average molecular weight is 656 g/mol. The Hall–Kier alpha value is -3.94. The summed E-state index contributed by atoms with van der Waals surface area (Å²) >= 11 is 0. The lowest BCUT2D eigenvalue weighted by Crippen LogP contribution is -2.51. The fourth-order valence-corrected chi connectivity index (χ4v) is 8.52. The molecule has 14 heteroatoms. The predicted octanol–water partition coefficient (Wildman–Crippen LogP) is 6.92.